The number of para-hydroxylation sites is 2. The van der Waals surface area contributed by atoms with E-state index in [1.807, 2.05) is 6.07 Å². The van der Waals surface area contributed by atoms with E-state index in [9.17, 15) is 0 Å². The van der Waals surface area contributed by atoms with E-state index in [0.717, 1.165) is 10.2 Å². The van der Waals surface area contributed by atoms with Crippen LogP contribution in [0.25, 0.3) is 0 Å². The minimum Gasteiger partial charge on any atom is -0.377 e. The summed E-state index contributed by atoms with van der Waals surface area (Å²) in [6.45, 7) is 2.17. The van der Waals surface area contributed by atoms with Crippen LogP contribution < -0.4 is 10.2 Å². The van der Waals surface area contributed by atoms with E-state index in [0.29, 0.717) is 0 Å². The van der Waals surface area contributed by atoms with Crippen molar-refractivity contribution in [1.29, 1.82) is 0 Å². The first-order valence-electron chi connectivity index (χ1n) is 6.36. The smallest absolute Gasteiger partial charge is 0.0596 e. The van der Waals surface area contributed by atoms with Crippen molar-refractivity contribution in [3.05, 3.63) is 58.6 Å². The van der Waals surface area contributed by atoms with Crippen LogP contribution in [0.2, 0.25) is 0 Å². The fourth-order valence-electron chi connectivity index (χ4n) is 2.08. The van der Waals surface area contributed by atoms with Crippen LogP contribution in [-0.4, -0.2) is 14.1 Å². The highest BCUT2D eigenvalue weighted by Crippen LogP contribution is 2.28. The Kier molecular flexibility index (Phi) is 4.48. The van der Waals surface area contributed by atoms with E-state index < -0.39 is 0 Å². The van der Waals surface area contributed by atoms with E-state index >= 15 is 0 Å². The molecule has 0 saturated heterocycles. The normalized spacial score (nSPS) is 12.0. The van der Waals surface area contributed by atoms with Gasteiger partial charge in [0.05, 0.1) is 11.4 Å². The van der Waals surface area contributed by atoms with Gasteiger partial charge in [0.1, 0.15) is 0 Å². The first kappa shape index (κ1) is 13.9. The summed E-state index contributed by atoms with van der Waals surface area (Å²) in [7, 11) is 4.12. The lowest BCUT2D eigenvalue weighted by Crippen LogP contribution is -2.14. The van der Waals surface area contributed by atoms with Gasteiger partial charge in [-0.2, -0.15) is 0 Å². The van der Waals surface area contributed by atoms with Gasteiger partial charge in [-0.15, -0.1) is 0 Å². The van der Waals surface area contributed by atoms with E-state index in [1.165, 1.54) is 11.3 Å². The molecule has 2 aromatic rings. The van der Waals surface area contributed by atoms with Gasteiger partial charge in [-0.3, -0.25) is 0 Å². The highest BCUT2D eigenvalue weighted by Gasteiger charge is 2.09. The average molecular weight is 319 g/mol. The van der Waals surface area contributed by atoms with Crippen molar-refractivity contribution in [3.63, 3.8) is 0 Å². The molecular weight excluding hydrogens is 300 g/mol. The molecule has 0 aliphatic rings. The van der Waals surface area contributed by atoms with Gasteiger partial charge in [0, 0.05) is 24.6 Å². The second kappa shape index (κ2) is 6.11. The Morgan fingerprint density at radius 2 is 1.79 bits per heavy atom. The number of nitrogens with zero attached hydrogens (tertiary/aromatic N) is 1. The molecule has 0 heterocycles. The summed E-state index contributed by atoms with van der Waals surface area (Å²) in [6.07, 6.45) is 0. The Morgan fingerprint density at radius 3 is 2.47 bits per heavy atom. The number of rotatable bonds is 4. The summed E-state index contributed by atoms with van der Waals surface area (Å²) in [5.74, 6) is 0. The van der Waals surface area contributed by atoms with Crippen LogP contribution in [0.3, 0.4) is 0 Å². The summed E-state index contributed by atoms with van der Waals surface area (Å²) in [5, 5.41) is 3.57. The van der Waals surface area contributed by atoms with Crippen molar-refractivity contribution in [2.45, 2.75) is 13.0 Å². The molecule has 2 aromatic carbocycles. The third-order valence-corrected chi connectivity index (χ3v) is 3.60. The molecule has 2 nitrogen and oxygen atoms in total. The van der Waals surface area contributed by atoms with E-state index in [-0.39, 0.29) is 6.04 Å². The molecule has 2 rings (SSSR count). The second-order valence-corrected chi connectivity index (χ2v) is 5.75. The predicted molar refractivity (Wildman–Crippen MR) is 86.9 cm³/mol. The van der Waals surface area contributed by atoms with Crippen LogP contribution in [0.5, 0.6) is 0 Å². The standard InChI is InChI=1S/C16H19BrN2/c1-12(13-7-6-8-14(17)11-13)18-15-9-4-5-10-16(15)19(2)3/h4-12,18H,1-3H3. The molecule has 0 bridgehead atoms. The van der Waals surface area contributed by atoms with Crippen molar-refractivity contribution in [1.82, 2.24) is 0 Å². The third kappa shape index (κ3) is 3.51. The molecule has 1 N–H and O–H groups in total. The average Bonchev–Trinajstić information content (AvgIpc) is 2.39. The Morgan fingerprint density at radius 1 is 1.05 bits per heavy atom. The summed E-state index contributed by atoms with van der Waals surface area (Å²) >= 11 is 3.52. The summed E-state index contributed by atoms with van der Waals surface area (Å²) in [5.41, 5.74) is 3.62. The molecule has 0 aliphatic heterocycles. The lowest BCUT2D eigenvalue weighted by molar-refractivity contribution is 0.882. The molecule has 0 aromatic heterocycles. The summed E-state index contributed by atoms with van der Waals surface area (Å²) < 4.78 is 1.11. The van der Waals surface area contributed by atoms with Crippen molar-refractivity contribution < 1.29 is 0 Å². The van der Waals surface area contributed by atoms with Crippen LogP contribution in [0.15, 0.2) is 53.0 Å². The minimum atomic E-state index is 0.263. The molecule has 0 saturated carbocycles. The molecule has 0 amide bonds. The first-order chi connectivity index (χ1) is 9.08. The maximum absolute atomic E-state index is 3.57. The number of hydrogen-bond acceptors (Lipinski definition) is 2. The third-order valence-electron chi connectivity index (χ3n) is 3.11. The number of halogens is 1. The van der Waals surface area contributed by atoms with Gasteiger partial charge in [-0.05, 0) is 36.8 Å². The molecule has 0 fully saturated rings. The first-order valence-corrected chi connectivity index (χ1v) is 7.15. The van der Waals surface area contributed by atoms with Crippen LogP contribution in [-0.2, 0) is 0 Å². The Balaban J connectivity index is 2.22. The highest BCUT2D eigenvalue weighted by molar-refractivity contribution is 9.10. The fraction of sp³-hybridized carbons (Fsp3) is 0.250. The zero-order chi connectivity index (χ0) is 13.8. The molecule has 1 atom stereocenters. The molecule has 19 heavy (non-hydrogen) atoms. The monoisotopic (exact) mass is 318 g/mol. The number of anilines is 2. The zero-order valence-corrected chi connectivity index (χ0v) is 13.1. The van der Waals surface area contributed by atoms with Gasteiger partial charge in [-0.1, -0.05) is 40.2 Å². The van der Waals surface area contributed by atoms with Gasteiger partial charge in [0.25, 0.3) is 0 Å². The number of nitrogens with one attached hydrogen (secondary N) is 1. The Hall–Kier alpha value is -1.48. The Bertz CT molecular complexity index is 552. The van der Waals surface area contributed by atoms with E-state index in [4.69, 9.17) is 0 Å². The maximum Gasteiger partial charge on any atom is 0.0596 e. The Labute approximate surface area is 123 Å². The van der Waals surface area contributed by atoms with Gasteiger partial charge in [-0.25, -0.2) is 0 Å². The van der Waals surface area contributed by atoms with Crippen molar-refractivity contribution >= 4 is 27.3 Å². The van der Waals surface area contributed by atoms with Crippen LogP contribution in [0, 0.1) is 0 Å². The van der Waals surface area contributed by atoms with Gasteiger partial charge >= 0.3 is 0 Å². The van der Waals surface area contributed by atoms with Gasteiger partial charge in [0.15, 0.2) is 0 Å². The second-order valence-electron chi connectivity index (χ2n) is 4.83. The molecule has 3 heteroatoms. The van der Waals surface area contributed by atoms with E-state index in [2.05, 4.69) is 89.6 Å². The zero-order valence-electron chi connectivity index (χ0n) is 11.5. The SMILES string of the molecule is CC(Nc1ccccc1N(C)C)c1cccc(Br)c1. The summed E-state index contributed by atoms with van der Waals surface area (Å²) in [6, 6.07) is 17.0. The summed E-state index contributed by atoms with van der Waals surface area (Å²) in [4.78, 5) is 2.12. The van der Waals surface area contributed by atoms with Crippen LogP contribution in [0.4, 0.5) is 11.4 Å². The molecular formula is C16H19BrN2. The topological polar surface area (TPSA) is 15.3 Å². The maximum atomic E-state index is 3.57. The fourth-order valence-corrected chi connectivity index (χ4v) is 2.50. The molecule has 100 valence electrons. The molecule has 0 radical (unpaired) electrons. The lowest BCUT2D eigenvalue weighted by atomic mass is 10.1. The lowest BCUT2D eigenvalue weighted by Gasteiger charge is -2.22. The van der Waals surface area contributed by atoms with Gasteiger partial charge < -0.3 is 10.2 Å². The molecule has 1 unspecified atom stereocenters. The van der Waals surface area contributed by atoms with Crippen molar-refractivity contribution in [2.24, 2.45) is 0 Å². The van der Waals surface area contributed by atoms with E-state index in [1.54, 1.807) is 0 Å². The van der Waals surface area contributed by atoms with Crippen LogP contribution >= 0.6 is 15.9 Å². The van der Waals surface area contributed by atoms with Crippen LogP contribution in [0.1, 0.15) is 18.5 Å². The van der Waals surface area contributed by atoms with Crippen molar-refractivity contribution in [2.75, 3.05) is 24.3 Å². The number of hydrogen-bond donors (Lipinski definition) is 1. The highest BCUT2D eigenvalue weighted by atomic mass is 79.9. The van der Waals surface area contributed by atoms with Crippen molar-refractivity contribution in [3.8, 4) is 0 Å². The predicted octanol–water partition coefficient (Wildman–Crippen LogP) is 4.69. The molecule has 0 spiro atoms. The largest absolute Gasteiger partial charge is 0.377 e. The molecule has 0 aliphatic carbocycles. The number of benzene rings is 2. The quantitative estimate of drug-likeness (QED) is 0.879. The minimum absolute atomic E-state index is 0.263. The van der Waals surface area contributed by atoms with Gasteiger partial charge in [0.2, 0.25) is 0 Å².